The predicted octanol–water partition coefficient (Wildman–Crippen LogP) is 10.5. The Balaban J connectivity index is 0.00000193. The van der Waals surface area contributed by atoms with Gasteiger partial charge >= 0.3 is 37.7 Å². The molecule has 0 heterocycles. The van der Waals surface area contributed by atoms with Crippen LogP contribution in [-0.4, -0.2) is 47.2 Å². The summed E-state index contributed by atoms with van der Waals surface area (Å²) in [5, 5.41) is 5.32. The van der Waals surface area contributed by atoms with Crippen LogP contribution in [0, 0.1) is 0 Å². The van der Waals surface area contributed by atoms with Gasteiger partial charge in [0.2, 0.25) is 0 Å². The van der Waals surface area contributed by atoms with E-state index < -0.39 is 0 Å². The van der Waals surface area contributed by atoms with Crippen LogP contribution in [0.5, 0.6) is 0 Å². The molecular weight excluding hydrogens is 570 g/mol. The van der Waals surface area contributed by atoms with Gasteiger partial charge in [-0.25, -0.2) is 0 Å². The third kappa shape index (κ3) is 6.00. The van der Waals surface area contributed by atoms with E-state index in [-0.39, 0.29) is 47.2 Å². The van der Waals surface area contributed by atoms with Gasteiger partial charge in [-0.05, 0) is 78.9 Å². The zero-order valence-electron chi connectivity index (χ0n) is 26.4. The molecule has 8 rings (SSSR count). The van der Waals surface area contributed by atoms with E-state index in [1.165, 1.54) is 67.0 Å². The predicted molar refractivity (Wildman–Crippen MR) is 213 cm³/mol. The SMILES string of the molecule is CCC1=Cc2c(-c3cccc4ccccc34)cccc2C1C[SiH2]CC1C(CC)=Cc2c(-c3cccc4ccccc34)cccc21.[LiH].[LiH]. The Hall–Kier alpha value is -3.27. The van der Waals surface area contributed by atoms with Crippen molar-refractivity contribution in [2.24, 2.45) is 0 Å². The summed E-state index contributed by atoms with van der Waals surface area (Å²) in [4.78, 5) is 0. The van der Waals surface area contributed by atoms with E-state index in [1.807, 2.05) is 0 Å². The molecule has 2 unspecified atom stereocenters. The Labute approximate surface area is 306 Å². The molecular formula is C44H42Li2Si. The zero-order valence-corrected chi connectivity index (χ0v) is 27.8. The molecule has 0 N–H and O–H groups in total. The maximum absolute atomic E-state index is 2.55. The summed E-state index contributed by atoms with van der Waals surface area (Å²) in [5.74, 6) is 1.15. The number of fused-ring (bicyclic) bond motifs is 4. The van der Waals surface area contributed by atoms with E-state index in [1.54, 1.807) is 22.3 Å². The summed E-state index contributed by atoms with van der Waals surface area (Å²) in [7, 11) is -0.308. The second kappa shape index (κ2) is 14.5. The van der Waals surface area contributed by atoms with E-state index in [0.29, 0.717) is 11.8 Å². The van der Waals surface area contributed by atoms with E-state index in [0.717, 1.165) is 12.8 Å². The fraction of sp³-hybridized carbons (Fsp3) is 0.182. The number of hydrogen-bond donors (Lipinski definition) is 0. The summed E-state index contributed by atoms with van der Waals surface area (Å²) in [5.41, 5.74) is 14.8. The number of allylic oxidation sites excluding steroid dienone is 2. The van der Waals surface area contributed by atoms with Crippen LogP contribution in [0.15, 0.2) is 132 Å². The topological polar surface area (TPSA) is 0 Å². The molecule has 0 aromatic heterocycles. The van der Waals surface area contributed by atoms with Crippen molar-refractivity contribution in [1.29, 1.82) is 0 Å². The van der Waals surface area contributed by atoms with Crippen molar-refractivity contribution >= 4 is 80.9 Å². The van der Waals surface area contributed by atoms with Crippen molar-refractivity contribution in [3.63, 3.8) is 0 Å². The second-order valence-electron chi connectivity index (χ2n) is 12.9. The molecule has 0 nitrogen and oxygen atoms in total. The van der Waals surface area contributed by atoms with Crippen molar-refractivity contribution in [2.75, 3.05) is 0 Å². The normalized spacial score (nSPS) is 16.5. The van der Waals surface area contributed by atoms with Crippen LogP contribution in [0.3, 0.4) is 0 Å². The molecule has 2 aliphatic carbocycles. The minimum atomic E-state index is -0.308. The van der Waals surface area contributed by atoms with Crippen LogP contribution in [0.25, 0.3) is 56.0 Å². The van der Waals surface area contributed by atoms with Gasteiger partial charge in [-0.15, -0.1) is 0 Å². The van der Waals surface area contributed by atoms with Gasteiger partial charge < -0.3 is 0 Å². The first-order valence-electron chi connectivity index (χ1n) is 16.9. The zero-order chi connectivity index (χ0) is 30.3. The summed E-state index contributed by atoms with van der Waals surface area (Å²) >= 11 is 0. The van der Waals surface area contributed by atoms with Gasteiger partial charge in [0.25, 0.3) is 0 Å². The molecule has 0 bridgehead atoms. The molecule has 47 heavy (non-hydrogen) atoms. The van der Waals surface area contributed by atoms with E-state index in [4.69, 9.17) is 0 Å². The minimum absolute atomic E-state index is 0. The Morgan fingerprint density at radius 3 is 1.28 bits per heavy atom. The van der Waals surface area contributed by atoms with Gasteiger partial charge in [-0.1, -0.05) is 171 Å². The molecule has 0 radical (unpaired) electrons. The summed E-state index contributed by atoms with van der Waals surface area (Å²) < 4.78 is 0. The fourth-order valence-electron chi connectivity index (χ4n) is 8.36. The van der Waals surface area contributed by atoms with Crippen molar-refractivity contribution < 1.29 is 0 Å². The molecule has 3 heteroatoms. The molecule has 6 aromatic rings. The van der Waals surface area contributed by atoms with E-state index in [9.17, 15) is 0 Å². The second-order valence-corrected chi connectivity index (χ2v) is 14.7. The third-order valence-corrected chi connectivity index (χ3v) is 12.5. The van der Waals surface area contributed by atoms with Crippen LogP contribution >= 0.6 is 0 Å². The van der Waals surface area contributed by atoms with Crippen LogP contribution in [0.4, 0.5) is 0 Å². The first kappa shape index (κ1) is 33.6. The molecule has 0 saturated carbocycles. The van der Waals surface area contributed by atoms with Gasteiger partial charge in [0, 0.05) is 21.4 Å². The van der Waals surface area contributed by atoms with Crippen molar-refractivity contribution in [3.05, 3.63) is 155 Å². The monoisotopic (exact) mass is 612 g/mol. The van der Waals surface area contributed by atoms with Gasteiger partial charge in [-0.3, -0.25) is 0 Å². The van der Waals surface area contributed by atoms with E-state index >= 15 is 0 Å². The molecule has 224 valence electrons. The molecule has 0 amide bonds. The molecule has 0 spiro atoms. The molecule has 0 fully saturated rings. The summed E-state index contributed by atoms with van der Waals surface area (Å²) in [6, 6.07) is 47.9. The van der Waals surface area contributed by atoms with Gasteiger partial charge in [0.05, 0.1) is 0 Å². The average Bonchev–Trinajstić information content (AvgIpc) is 3.65. The van der Waals surface area contributed by atoms with E-state index in [2.05, 4.69) is 147 Å². The Morgan fingerprint density at radius 2 is 0.830 bits per heavy atom. The summed E-state index contributed by atoms with van der Waals surface area (Å²) in [6.07, 6.45) is 7.35. The fourth-order valence-corrected chi connectivity index (χ4v) is 10.8. The van der Waals surface area contributed by atoms with Crippen LogP contribution in [0.2, 0.25) is 12.1 Å². The molecule has 2 aliphatic rings. The quantitative estimate of drug-likeness (QED) is 0.150. The third-order valence-electron chi connectivity index (χ3n) is 10.5. The maximum atomic E-state index is 2.55. The standard InChI is InChI=1S/C44H40Si.2Li.2H/c1-3-29-25-41-37(35-19-9-15-31-13-5-7-17-33(31)35)21-11-23-39(41)43(29)27-45-28-44-30(4-2)26-42-38(22-12-24-40(42)44)36-20-10-16-32-14-6-8-18-34(32)36;;;;/h5-26,43-44H,3-4,27-28,45H2,1-2H3;;;;. The Morgan fingerprint density at radius 1 is 0.447 bits per heavy atom. The number of rotatable bonds is 8. The van der Waals surface area contributed by atoms with Crippen molar-refractivity contribution in [2.45, 2.75) is 50.6 Å². The number of benzene rings is 6. The van der Waals surface area contributed by atoms with Crippen LogP contribution in [-0.2, 0) is 0 Å². The first-order valence-corrected chi connectivity index (χ1v) is 18.9. The molecule has 0 saturated heterocycles. The Kier molecular flexibility index (Phi) is 10.3. The molecule has 2 atom stereocenters. The molecule has 0 aliphatic heterocycles. The molecule has 6 aromatic carbocycles. The van der Waals surface area contributed by atoms with Crippen LogP contribution in [0.1, 0.15) is 60.8 Å². The van der Waals surface area contributed by atoms with Gasteiger partial charge in [0.15, 0.2) is 0 Å². The Bertz CT molecular complexity index is 1980. The summed E-state index contributed by atoms with van der Waals surface area (Å²) in [6.45, 7) is 4.70. The van der Waals surface area contributed by atoms with Gasteiger partial charge in [-0.2, -0.15) is 0 Å². The van der Waals surface area contributed by atoms with Crippen molar-refractivity contribution in [3.8, 4) is 22.3 Å². The van der Waals surface area contributed by atoms with Crippen molar-refractivity contribution in [1.82, 2.24) is 0 Å². The first-order chi connectivity index (χ1) is 22.2. The van der Waals surface area contributed by atoms with Crippen LogP contribution < -0.4 is 0 Å². The number of hydrogen-bond acceptors (Lipinski definition) is 0. The average molecular weight is 613 g/mol. The van der Waals surface area contributed by atoms with Gasteiger partial charge in [0.1, 0.15) is 0 Å².